The van der Waals surface area contributed by atoms with E-state index in [1.54, 1.807) is 0 Å². The van der Waals surface area contributed by atoms with Gasteiger partial charge in [-0.2, -0.15) is 0 Å². The molecule has 0 spiro atoms. The van der Waals surface area contributed by atoms with E-state index in [4.69, 9.17) is 9.84 Å². The highest BCUT2D eigenvalue weighted by atomic mass is 16.7. The summed E-state index contributed by atoms with van der Waals surface area (Å²) in [5.41, 5.74) is 0. The Morgan fingerprint density at radius 1 is 1.60 bits per heavy atom. The molecule has 0 saturated carbocycles. The molecule has 0 aliphatic carbocycles. The van der Waals surface area contributed by atoms with Crippen molar-refractivity contribution in [2.24, 2.45) is 11.8 Å². The summed E-state index contributed by atoms with van der Waals surface area (Å²) in [6.07, 6.45) is 2.76. The van der Waals surface area contributed by atoms with E-state index in [1.807, 2.05) is 0 Å². The van der Waals surface area contributed by atoms with Crippen LogP contribution in [0.1, 0.15) is 19.3 Å². The molecule has 2 fully saturated rings. The van der Waals surface area contributed by atoms with Crippen LogP contribution in [-0.2, 0) is 14.3 Å². The Morgan fingerprint density at radius 2 is 2.40 bits per heavy atom. The van der Waals surface area contributed by atoms with Crippen molar-refractivity contribution >= 4 is 12.4 Å². The fourth-order valence-corrected chi connectivity index (χ4v) is 2.56. The molecule has 4 atom stereocenters. The Morgan fingerprint density at radius 3 is 2.87 bits per heavy atom. The molecule has 15 heavy (non-hydrogen) atoms. The van der Waals surface area contributed by atoms with Crippen LogP contribution in [0.25, 0.3) is 0 Å². The molecule has 2 aliphatic rings. The molecule has 0 amide bonds. The van der Waals surface area contributed by atoms with Gasteiger partial charge in [-0.25, -0.2) is 4.79 Å². The van der Waals surface area contributed by atoms with Gasteiger partial charge in [-0.1, -0.05) is 0 Å². The van der Waals surface area contributed by atoms with Crippen LogP contribution in [0.5, 0.6) is 0 Å². The van der Waals surface area contributed by atoms with Crippen molar-refractivity contribution < 1.29 is 24.2 Å². The summed E-state index contributed by atoms with van der Waals surface area (Å²) >= 11 is 0. The van der Waals surface area contributed by atoms with Crippen LogP contribution in [-0.4, -0.2) is 36.4 Å². The average molecular weight is 214 g/mol. The van der Waals surface area contributed by atoms with Gasteiger partial charge in [0.15, 0.2) is 0 Å². The molecule has 0 aromatic rings. The largest absolute Gasteiger partial charge is 0.505 e. The van der Waals surface area contributed by atoms with Gasteiger partial charge in [-0.05, 0) is 19.3 Å². The van der Waals surface area contributed by atoms with Crippen LogP contribution in [0.4, 0.5) is 4.79 Å². The number of carbonyl (C=O) groups excluding carboxylic acids is 1. The second-order valence-electron chi connectivity index (χ2n) is 4.15. The lowest BCUT2D eigenvalue weighted by Crippen LogP contribution is -2.30. The summed E-state index contributed by atoms with van der Waals surface area (Å²) in [4.78, 5) is 21.1. The maximum absolute atomic E-state index is 10.9. The molecule has 5 nitrogen and oxygen atoms in total. The molecule has 2 bridgehead atoms. The van der Waals surface area contributed by atoms with Gasteiger partial charge in [0, 0.05) is 5.92 Å². The SMILES string of the molecule is O=CC(COC(=O)O)C1CC2CCC1O2. The minimum Gasteiger partial charge on any atom is -0.450 e. The molecule has 5 heteroatoms. The van der Waals surface area contributed by atoms with E-state index in [0.29, 0.717) is 0 Å². The van der Waals surface area contributed by atoms with Gasteiger partial charge in [0.2, 0.25) is 0 Å². The number of hydrogen-bond acceptors (Lipinski definition) is 4. The summed E-state index contributed by atoms with van der Waals surface area (Å²) in [5, 5.41) is 8.36. The van der Waals surface area contributed by atoms with Crippen LogP contribution >= 0.6 is 0 Å². The monoisotopic (exact) mass is 214 g/mol. The lowest BCUT2D eigenvalue weighted by Gasteiger charge is -2.23. The number of fused-ring (bicyclic) bond motifs is 2. The minimum absolute atomic E-state index is 0.0456. The predicted molar refractivity (Wildman–Crippen MR) is 49.5 cm³/mol. The van der Waals surface area contributed by atoms with Gasteiger partial charge < -0.3 is 19.4 Å². The van der Waals surface area contributed by atoms with Gasteiger partial charge in [0.05, 0.1) is 18.1 Å². The zero-order chi connectivity index (χ0) is 10.8. The van der Waals surface area contributed by atoms with Crippen molar-refractivity contribution in [2.45, 2.75) is 31.5 Å². The molecule has 1 N–H and O–H groups in total. The normalized spacial score (nSPS) is 35.1. The molecular weight excluding hydrogens is 200 g/mol. The Hall–Kier alpha value is -1.10. The molecule has 0 aromatic carbocycles. The van der Waals surface area contributed by atoms with E-state index in [2.05, 4.69) is 4.74 Å². The number of ether oxygens (including phenoxy) is 2. The third-order valence-electron chi connectivity index (χ3n) is 3.28. The standard InChI is InChI=1S/C10H14O5/c11-4-6(5-14-10(12)13)8-3-7-1-2-9(8)15-7/h4,6-9H,1-3,5H2,(H,12,13). The molecule has 2 rings (SSSR count). The van der Waals surface area contributed by atoms with E-state index < -0.39 is 6.16 Å². The minimum atomic E-state index is -1.33. The highest BCUT2D eigenvalue weighted by Crippen LogP contribution is 2.41. The topological polar surface area (TPSA) is 72.8 Å². The second-order valence-corrected chi connectivity index (χ2v) is 4.15. The van der Waals surface area contributed by atoms with Crippen molar-refractivity contribution in [3.63, 3.8) is 0 Å². The molecular formula is C10H14O5. The number of carboxylic acid groups (broad SMARTS) is 1. The number of aldehydes is 1. The first-order chi connectivity index (χ1) is 7.20. The molecule has 2 aliphatic heterocycles. The molecule has 84 valence electrons. The van der Waals surface area contributed by atoms with Gasteiger partial charge in [-0.3, -0.25) is 0 Å². The smallest absolute Gasteiger partial charge is 0.450 e. The summed E-state index contributed by atoms with van der Waals surface area (Å²) in [6, 6.07) is 0. The summed E-state index contributed by atoms with van der Waals surface area (Å²) in [6.45, 7) is -0.0456. The Kier molecular flexibility index (Phi) is 2.90. The maximum Gasteiger partial charge on any atom is 0.505 e. The van der Waals surface area contributed by atoms with Crippen LogP contribution < -0.4 is 0 Å². The predicted octanol–water partition coefficient (Wildman–Crippen LogP) is 1.06. The highest BCUT2D eigenvalue weighted by Gasteiger charge is 2.44. The zero-order valence-electron chi connectivity index (χ0n) is 8.30. The Labute approximate surface area is 87.4 Å². The second kappa shape index (κ2) is 4.18. The van der Waals surface area contributed by atoms with E-state index in [1.165, 1.54) is 0 Å². The number of hydrogen-bond donors (Lipinski definition) is 1. The molecule has 2 saturated heterocycles. The third kappa shape index (κ3) is 2.12. The molecule has 2 heterocycles. The van der Waals surface area contributed by atoms with Crippen LogP contribution in [0, 0.1) is 11.8 Å². The molecule has 4 unspecified atom stereocenters. The lowest BCUT2D eigenvalue weighted by atomic mass is 9.81. The van der Waals surface area contributed by atoms with Gasteiger partial charge in [0.25, 0.3) is 0 Å². The quantitative estimate of drug-likeness (QED) is 0.559. The third-order valence-corrected chi connectivity index (χ3v) is 3.28. The van der Waals surface area contributed by atoms with Crippen molar-refractivity contribution in [3.05, 3.63) is 0 Å². The highest BCUT2D eigenvalue weighted by molar-refractivity contribution is 5.59. The van der Waals surface area contributed by atoms with E-state index >= 15 is 0 Å². The van der Waals surface area contributed by atoms with Crippen LogP contribution in [0.15, 0.2) is 0 Å². The average Bonchev–Trinajstić information content (AvgIpc) is 2.79. The van der Waals surface area contributed by atoms with Crippen LogP contribution in [0.3, 0.4) is 0 Å². The fourth-order valence-electron chi connectivity index (χ4n) is 2.56. The van der Waals surface area contributed by atoms with Gasteiger partial charge in [-0.15, -0.1) is 0 Å². The van der Waals surface area contributed by atoms with Gasteiger partial charge >= 0.3 is 6.16 Å². The Balaban J connectivity index is 1.89. The number of rotatable bonds is 4. The van der Waals surface area contributed by atoms with Crippen molar-refractivity contribution in [3.8, 4) is 0 Å². The van der Waals surface area contributed by atoms with E-state index in [-0.39, 0.29) is 30.7 Å². The number of carbonyl (C=O) groups is 2. The molecule has 0 radical (unpaired) electrons. The molecule has 0 aromatic heterocycles. The van der Waals surface area contributed by atoms with E-state index in [9.17, 15) is 9.59 Å². The first kappa shape index (κ1) is 10.4. The van der Waals surface area contributed by atoms with Crippen molar-refractivity contribution in [1.29, 1.82) is 0 Å². The van der Waals surface area contributed by atoms with Gasteiger partial charge in [0.1, 0.15) is 12.9 Å². The zero-order valence-corrected chi connectivity index (χ0v) is 8.30. The maximum atomic E-state index is 10.9. The van der Waals surface area contributed by atoms with E-state index in [0.717, 1.165) is 25.5 Å². The first-order valence-corrected chi connectivity index (χ1v) is 5.17. The summed E-state index contributed by atoms with van der Waals surface area (Å²) in [7, 11) is 0. The summed E-state index contributed by atoms with van der Waals surface area (Å²) < 4.78 is 10.1. The summed E-state index contributed by atoms with van der Waals surface area (Å²) in [5.74, 6) is -0.211. The lowest BCUT2D eigenvalue weighted by molar-refractivity contribution is -0.114. The fraction of sp³-hybridized carbons (Fsp3) is 0.800. The van der Waals surface area contributed by atoms with Crippen molar-refractivity contribution in [2.75, 3.05) is 6.61 Å². The first-order valence-electron chi connectivity index (χ1n) is 5.17. The van der Waals surface area contributed by atoms with Crippen LogP contribution in [0.2, 0.25) is 0 Å². The van der Waals surface area contributed by atoms with Crippen molar-refractivity contribution in [1.82, 2.24) is 0 Å². The Bertz CT molecular complexity index is 265.